The number of aryl methyl sites for hydroxylation is 2. The largest absolute Gasteiger partial charge is 0.358 e. The molecule has 0 atom stereocenters. The first-order chi connectivity index (χ1) is 14.3. The van der Waals surface area contributed by atoms with Crippen LogP contribution in [0.5, 0.6) is 0 Å². The lowest BCUT2D eigenvalue weighted by Gasteiger charge is -2.32. The number of rotatable bonds is 9. The van der Waals surface area contributed by atoms with Gasteiger partial charge in [0.15, 0.2) is 0 Å². The van der Waals surface area contributed by atoms with Gasteiger partial charge in [-0.3, -0.25) is 0 Å². The fourth-order valence-corrected chi connectivity index (χ4v) is 4.96. The molecule has 1 aromatic heterocycles. The monoisotopic (exact) mass is 388 g/mol. The molecule has 2 heterocycles. The smallest absolute Gasteiger partial charge is 0.0458 e. The van der Waals surface area contributed by atoms with Gasteiger partial charge in [0.25, 0.3) is 0 Å². The number of aromatic amines is 1. The lowest BCUT2D eigenvalue weighted by Crippen LogP contribution is -2.33. The zero-order valence-corrected chi connectivity index (χ0v) is 18.0. The first kappa shape index (κ1) is 20.2. The minimum Gasteiger partial charge on any atom is -0.358 e. The highest BCUT2D eigenvalue weighted by Crippen LogP contribution is 2.28. The van der Waals surface area contributed by atoms with Gasteiger partial charge in [-0.2, -0.15) is 0 Å². The van der Waals surface area contributed by atoms with Gasteiger partial charge in [0.1, 0.15) is 0 Å². The summed E-state index contributed by atoms with van der Waals surface area (Å²) < 4.78 is 0. The molecule has 1 saturated heterocycles. The van der Waals surface area contributed by atoms with Crippen LogP contribution >= 0.6 is 0 Å². The number of piperidine rings is 1. The minimum atomic E-state index is 0.764. The molecule has 0 amide bonds. The fourth-order valence-electron chi connectivity index (χ4n) is 4.96. The molecule has 1 fully saturated rings. The summed E-state index contributed by atoms with van der Waals surface area (Å²) in [4.78, 5) is 6.39. The van der Waals surface area contributed by atoms with Crippen molar-refractivity contribution >= 4 is 10.9 Å². The Kier molecular flexibility index (Phi) is 7.05. The fraction of sp³-hybridized carbons (Fsp3) is 0.481. The maximum absolute atomic E-state index is 3.70. The summed E-state index contributed by atoms with van der Waals surface area (Å²) in [5.41, 5.74) is 5.91. The topological polar surface area (TPSA) is 19.0 Å². The lowest BCUT2D eigenvalue weighted by molar-refractivity contribution is 0.209. The average molecular weight is 389 g/mol. The Balaban J connectivity index is 1.26. The number of H-pyrrole nitrogens is 1. The molecule has 2 aromatic carbocycles. The molecule has 0 aliphatic carbocycles. The number of fused-ring (bicyclic) bond motifs is 1. The molecule has 0 radical (unpaired) electrons. The van der Waals surface area contributed by atoms with Crippen LogP contribution in [0.1, 0.15) is 68.2 Å². The molecular weight excluding hydrogens is 352 g/mol. The summed E-state index contributed by atoms with van der Waals surface area (Å²) in [5, 5.41) is 1.45. The molecule has 1 aliphatic heterocycles. The predicted octanol–water partition coefficient (Wildman–Crippen LogP) is 6.71. The third kappa shape index (κ3) is 5.11. The van der Waals surface area contributed by atoms with E-state index in [4.69, 9.17) is 0 Å². The van der Waals surface area contributed by atoms with Gasteiger partial charge >= 0.3 is 0 Å². The van der Waals surface area contributed by atoms with E-state index >= 15 is 0 Å². The highest BCUT2D eigenvalue weighted by molar-refractivity contribution is 5.84. The third-order valence-electron chi connectivity index (χ3n) is 6.69. The predicted molar refractivity (Wildman–Crippen MR) is 125 cm³/mol. The van der Waals surface area contributed by atoms with E-state index < -0.39 is 0 Å². The maximum Gasteiger partial charge on any atom is 0.0458 e. The van der Waals surface area contributed by atoms with Gasteiger partial charge in [0.05, 0.1) is 0 Å². The van der Waals surface area contributed by atoms with Gasteiger partial charge in [-0.25, -0.2) is 0 Å². The first-order valence-electron chi connectivity index (χ1n) is 11.7. The summed E-state index contributed by atoms with van der Waals surface area (Å²) in [6.45, 7) is 6.06. The Hall–Kier alpha value is -2.06. The van der Waals surface area contributed by atoms with Crippen molar-refractivity contribution in [3.63, 3.8) is 0 Å². The number of hydrogen-bond donors (Lipinski definition) is 1. The molecule has 29 heavy (non-hydrogen) atoms. The molecule has 0 spiro atoms. The van der Waals surface area contributed by atoms with Crippen molar-refractivity contribution in [1.82, 2.24) is 9.88 Å². The zero-order chi connectivity index (χ0) is 19.9. The number of para-hydroxylation sites is 1. The Morgan fingerprint density at radius 1 is 0.862 bits per heavy atom. The Bertz CT molecular complexity index is 872. The van der Waals surface area contributed by atoms with E-state index in [-0.39, 0.29) is 0 Å². The third-order valence-corrected chi connectivity index (χ3v) is 6.69. The van der Waals surface area contributed by atoms with Gasteiger partial charge in [-0.15, -0.1) is 0 Å². The van der Waals surface area contributed by atoms with Gasteiger partial charge in [-0.1, -0.05) is 61.9 Å². The number of hydrogen-bond acceptors (Lipinski definition) is 1. The first-order valence-corrected chi connectivity index (χ1v) is 11.7. The van der Waals surface area contributed by atoms with Crippen LogP contribution in [-0.4, -0.2) is 29.5 Å². The number of aromatic nitrogens is 1. The van der Waals surface area contributed by atoms with Crippen molar-refractivity contribution in [3.8, 4) is 0 Å². The number of likely N-dealkylation sites (tertiary alicyclic amines) is 1. The van der Waals surface area contributed by atoms with Gasteiger partial charge in [0.2, 0.25) is 0 Å². The minimum absolute atomic E-state index is 0.764. The van der Waals surface area contributed by atoms with Crippen molar-refractivity contribution in [1.29, 1.82) is 0 Å². The van der Waals surface area contributed by atoms with Crippen molar-refractivity contribution in [2.75, 3.05) is 19.6 Å². The summed E-state index contributed by atoms with van der Waals surface area (Å²) in [5.74, 6) is 0.764. The van der Waals surface area contributed by atoms with Crippen LogP contribution < -0.4 is 0 Å². The standard InChI is InChI=1S/C27H36N2/c1-2-3-15-26-25(24-13-7-8-16-27(24)28-26)14-9-10-19-29-20-17-23(18-21-29)22-11-5-4-6-12-22/h4-8,11-13,16,23,28H,2-3,9-10,14-15,17-21H2,1H3. The molecule has 4 rings (SSSR count). The quantitative estimate of drug-likeness (QED) is 0.403. The Morgan fingerprint density at radius 2 is 1.62 bits per heavy atom. The summed E-state index contributed by atoms with van der Waals surface area (Å²) >= 11 is 0. The van der Waals surface area contributed by atoms with Crippen LogP contribution in [0.15, 0.2) is 54.6 Å². The molecule has 1 N–H and O–H groups in total. The molecule has 0 bridgehead atoms. The number of benzene rings is 2. The van der Waals surface area contributed by atoms with Crippen LogP contribution in [0.2, 0.25) is 0 Å². The highest BCUT2D eigenvalue weighted by Gasteiger charge is 2.20. The van der Waals surface area contributed by atoms with Crippen molar-refractivity contribution in [3.05, 3.63) is 71.4 Å². The lowest BCUT2D eigenvalue weighted by atomic mass is 9.89. The highest BCUT2D eigenvalue weighted by atomic mass is 15.1. The van der Waals surface area contributed by atoms with Gasteiger partial charge < -0.3 is 9.88 Å². The zero-order valence-electron chi connectivity index (χ0n) is 18.0. The van der Waals surface area contributed by atoms with Gasteiger partial charge in [-0.05, 0) is 87.7 Å². The Labute approximate surface area is 176 Å². The second-order valence-electron chi connectivity index (χ2n) is 8.71. The summed E-state index contributed by atoms with van der Waals surface area (Å²) in [7, 11) is 0. The van der Waals surface area contributed by atoms with Crippen LogP contribution in [0.3, 0.4) is 0 Å². The van der Waals surface area contributed by atoms with Crippen molar-refractivity contribution in [2.45, 2.75) is 64.2 Å². The number of nitrogens with zero attached hydrogens (tertiary/aromatic N) is 1. The van der Waals surface area contributed by atoms with Gasteiger partial charge in [0, 0.05) is 16.6 Å². The molecule has 154 valence electrons. The van der Waals surface area contributed by atoms with Crippen LogP contribution in [-0.2, 0) is 12.8 Å². The molecule has 2 heteroatoms. The average Bonchev–Trinajstić information content (AvgIpc) is 3.14. The van der Waals surface area contributed by atoms with Crippen molar-refractivity contribution in [2.24, 2.45) is 0 Å². The molecule has 0 unspecified atom stereocenters. The SMILES string of the molecule is CCCCc1[nH]c2ccccc2c1CCCCN1CCC(c2ccccc2)CC1. The van der Waals surface area contributed by atoms with E-state index in [2.05, 4.69) is 71.4 Å². The van der Waals surface area contributed by atoms with E-state index in [0.717, 1.165) is 5.92 Å². The molecule has 1 aliphatic rings. The Morgan fingerprint density at radius 3 is 2.41 bits per heavy atom. The molecule has 3 aromatic rings. The van der Waals surface area contributed by atoms with Crippen LogP contribution in [0, 0.1) is 0 Å². The van der Waals surface area contributed by atoms with Crippen LogP contribution in [0.25, 0.3) is 10.9 Å². The van der Waals surface area contributed by atoms with E-state index in [0.29, 0.717) is 0 Å². The number of unbranched alkanes of at least 4 members (excludes halogenated alkanes) is 2. The normalized spacial score (nSPS) is 15.9. The summed E-state index contributed by atoms with van der Waals surface area (Å²) in [6.07, 6.45) is 10.2. The maximum atomic E-state index is 3.70. The van der Waals surface area contributed by atoms with Crippen LogP contribution in [0.4, 0.5) is 0 Å². The molecule has 2 nitrogen and oxygen atoms in total. The second-order valence-corrected chi connectivity index (χ2v) is 8.71. The summed E-state index contributed by atoms with van der Waals surface area (Å²) in [6, 6.07) is 19.9. The van der Waals surface area contributed by atoms with Crippen molar-refractivity contribution < 1.29 is 0 Å². The van der Waals surface area contributed by atoms with E-state index in [1.165, 1.54) is 93.2 Å². The molecule has 0 saturated carbocycles. The molecular formula is C27H36N2. The van der Waals surface area contributed by atoms with E-state index in [9.17, 15) is 0 Å². The number of nitrogens with one attached hydrogen (secondary N) is 1. The van der Waals surface area contributed by atoms with E-state index in [1.807, 2.05) is 0 Å². The second kappa shape index (κ2) is 10.1. The van der Waals surface area contributed by atoms with E-state index in [1.54, 1.807) is 5.56 Å².